The smallest absolute Gasteiger partial charge is 0.268 e. The summed E-state index contributed by atoms with van der Waals surface area (Å²) in [5.74, 6) is -0.423. The molecule has 1 aliphatic rings. The summed E-state index contributed by atoms with van der Waals surface area (Å²) < 4.78 is 0. The summed E-state index contributed by atoms with van der Waals surface area (Å²) in [5, 5.41) is 19.2. The Morgan fingerprint density at radius 1 is 1.32 bits per heavy atom. The van der Waals surface area contributed by atoms with E-state index in [0.717, 1.165) is 6.42 Å². The molecule has 1 rings (SSSR count). The van der Waals surface area contributed by atoms with Crippen LogP contribution in [0.3, 0.4) is 0 Å². The SMILES string of the molecule is CCC(C)(C)CN1C(=O)C(C#N)=C(O)[C@@H]1C(C)(C)C. The molecule has 0 unspecified atom stereocenters. The van der Waals surface area contributed by atoms with E-state index in [1.54, 1.807) is 4.90 Å². The Morgan fingerprint density at radius 3 is 2.21 bits per heavy atom. The number of hydrogen-bond acceptors (Lipinski definition) is 3. The van der Waals surface area contributed by atoms with E-state index in [4.69, 9.17) is 5.26 Å². The first kappa shape index (κ1) is 15.6. The topological polar surface area (TPSA) is 64.3 Å². The van der Waals surface area contributed by atoms with Crippen LogP contribution in [-0.2, 0) is 4.79 Å². The van der Waals surface area contributed by atoms with Gasteiger partial charge in [0.05, 0.1) is 6.04 Å². The van der Waals surface area contributed by atoms with Crippen molar-refractivity contribution in [2.24, 2.45) is 10.8 Å². The third-order valence-corrected chi connectivity index (χ3v) is 3.79. The highest BCUT2D eigenvalue weighted by molar-refractivity contribution is 6.01. The number of carbonyl (C=O) groups is 1. The molecule has 0 bridgehead atoms. The average Bonchev–Trinajstić information content (AvgIpc) is 2.49. The minimum atomic E-state index is -0.416. The van der Waals surface area contributed by atoms with Gasteiger partial charge in [0.2, 0.25) is 0 Å². The van der Waals surface area contributed by atoms with Crippen LogP contribution in [0.2, 0.25) is 0 Å². The predicted molar refractivity (Wildman–Crippen MR) is 74.3 cm³/mol. The van der Waals surface area contributed by atoms with Gasteiger partial charge in [-0.2, -0.15) is 5.26 Å². The molecule has 4 nitrogen and oxygen atoms in total. The van der Waals surface area contributed by atoms with Gasteiger partial charge in [-0.25, -0.2) is 0 Å². The van der Waals surface area contributed by atoms with Crippen molar-refractivity contribution in [1.29, 1.82) is 5.26 Å². The molecule has 0 saturated heterocycles. The second-order valence-electron chi connectivity index (χ2n) is 7.09. The van der Waals surface area contributed by atoms with Crippen LogP contribution in [-0.4, -0.2) is 28.5 Å². The number of amides is 1. The zero-order valence-corrected chi connectivity index (χ0v) is 12.7. The number of nitriles is 1. The molecule has 0 aromatic heterocycles. The fourth-order valence-corrected chi connectivity index (χ4v) is 2.37. The average molecular weight is 264 g/mol. The zero-order chi connectivity index (χ0) is 15.0. The van der Waals surface area contributed by atoms with Gasteiger partial charge < -0.3 is 10.0 Å². The van der Waals surface area contributed by atoms with Crippen molar-refractivity contribution in [1.82, 2.24) is 4.90 Å². The Balaban J connectivity index is 3.19. The van der Waals surface area contributed by atoms with Gasteiger partial charge in [-0.05, 0) is 17.3 Å². The lowest BCUT2D eigenvalue weighted by Gasteiger charge is -2.39. The van der Waals surface area contributed by atoms with E-state index < -0.39 is 6.04 Å². The maximum absolute atomic E-state index is 12.3. The van der Waals surface area contributed by atoms with Crippen LogP contribution < -0.4 is 0 Å². The molecular weight excluding hydrogens is 240 g/mol. The van der Waals surface area contributed by atoms with Crippen LogP contribution in [0.25, 0.3) is 0 Å². The summed E-state index contributed by atoms with van der Waals surface area (Å²) in [7, 11) is 0. The lowest BCUT2D eigenvalue weighted by atomic mass is 9.83. The normalized spacial score (nSPS) is 21.0. The first-order valence-electron chi connectivity index (χ1n) is 6.69. The van der Waals surface area contributed by atoms with Crippen LogP contribution in [0.5, 0.6) is 0 Å². The fourth-order valence-electron chi connectivity index (χ4n) is 2.37. The Hall–Kier alpha value is -1.50. The summed E-state index contributed by atoms with van der Waals surface area (Å²) in [4.78, 5) is 13.9. The van der Waals surface area contributed by atoms with Crippen molar-refractivity contribution in [3.05, 3.63) is 11.3 Å². The summed E-state index contributed by atoms with van der Waals surface area (Å²) in [6.07, 6.45) is 0.927. The van der Waals surface area contributed by atoms with E-state index in [-0.39, 0.29) is 28.1 Å². The minimum Gasteiger partial charge on any atom is -0.508 e. The molecule has 1 atom stereocenters. The maximum Gasteiger partial charge on any atom is 0.268 e. The maximum atomic E-state index is 12.3. The predicted octanol–water partition coefficient (Wildman–Crippen LogP) is 3.02. The van der Waals surface area contributed by atoms with Crippen LogP contribution in [0.1, 0.15) is 48.0 Å². The van der Waals surface area contributed by atoms with Crippen molar-refractivity contribution in [3.63, 3.8) is 0 Å². The second-order valence-corrected chi connectivity index (χ2v) is 7.09. The molecular formula is C15H24N2O2. The lowest BCUT2D eigenvalue weighted by molar-refractivity contribution is -0.130. The highest BCUT2D eigenvalue weighted by Crippen LogP contribution is 2.38. The van der Waals surface area contributed by atoms with E-state index >= 15 is 0 Å². The molecule has 19 heavy (non-hydrogen) atoms. The number of nitrogens with zero attached hydrogens (tertiary/aromatic N) is 2. The fraction of sp³-hybridized carbons (Fsp3) is 0.733. The molecule has 0 radical (unpaired) electrons. The molecule has 0 spiro atoms. The van der Waals surface area contributed by atoms with Crippen LogP contribution in [0.15, 0.2) is 11.3 Å². The number of hydrogen-bond donors (Lipinski definition) is 1. The summed E-state index contributed by atoms with van der Waals surface area (Å²) in [6, 6.07) is 1.42. The molecule has 4 heteroatoms. The Kier molecular flexibility index (Phi) is 4.00. The van der Waals surface area contributed by atoms with Gasteiger partial charge in [0.1, 0.15) is 11.8 Å². The van der Waals surface area contributed by atoms with Crippen molar-refractivity contribution in [2.45, 2.75) is 54.0 Å². The van der Waals surface area contributed by atoms with Gasteiger partial charge >= 0.3 is 0 Å². The molecule has 106 valence electrons. The third kappa shape index (κ3) is 2.91. The number of rotatable bonds is 3. The lowest BCUT2D eigenvalue weighted by Crippen LogP contribution is -2.47. The van der Waals surface area contributed by atoms with Gasteiger partial charge in [-0.15, -0.1) is 0 Å². The van der Waals surface area contributed by atoms with E-state index in [2.05, 4.69) is 20.8 Å². The number of aliphatic hydroxyl groups excluding tert-OH is 1. The Morgan fingerprint density at radius 2 is 1.84 bits per heavy atom. The third-order valence-electron chi connectivity index (χ3n) is 3.79. The molecule has 1 amide bonds. The van der Waals surface area contributed by atoms with Crippen molar-refractivity contribution in [3.8, 4) is 6.07 Å². The van der Waals surface area contributed by atoms with Crippen molar-refractivity contribution >= 4 is 5.91 Å². The van der Waals surface area contributed by atoms with Gasteiger partial charge in [0.25, 0.3) is 5.91 Å². The molecule has 1 aliphatic heterocycles. The first-order chi connectivity index (χ1) is 8.55. The van der Waals surface area contributed by atoms with E-state index in [1.807, 2.05) is 26.8 Å². The minimum absolute atomic E-state index is 0.0374. The van der Waals surface area contributed by atoms with Crippen LogP contribution in [0, 0.1) is 22.2 Å². The van der Waals surface area contributed by atoms with E-state index in [9.17, 15) is 9.90 Å². The number of aliphatic hydroxyl groups is 1. The molecule has 0 saturated carbocycles. The molecule has 0 aromatic rings. The molecule has 0 fully saturated rings. The van der Waals surface area contributed by atoms with Gasteiger partial charge in [0, 0.05) is 6.54 Å². The molecule has 1 heterocycles. The highest BCUT2D eigenvalue weighted by Gasteiger charge is 2.46. The standard InChI is InChI=1S/C15H24N2O2/c1-7-15(5,6)9-17-12(14(2,3)4)11(18)10(8-16)13(17)19/h12,18H,7,9H2,1-6H3/t12-/m1/s1. The molecule has 1 N–H and O–H groups in total. The second kappa shape index (κ2) is 4.88. The number of carbonyl (C=O) groups excluding carboxylic acids is 1. The zero-order valence-electron chi connectivity index (χ0n) is 12.7. The van der Waals surface area contributed by atoms with Crippen LogP contribution in [0.4, 0.5) is 0 Å². The van der Waals surface area contributed by atoms with Gasteiger partial charge in [0.15, 0.2) is 5.57 Å². The Labute approximate surface area is 115 Å². The highest BCUT2D eigenvalue weighted by atomic mass is 16.3. The van der Waals surface area contributed by atoms with E-state index in [1.165, 1.54) is 0 Å². The van der Waals surface area contributed by atoms with Crippen molar-refractivity contribution < 1.29 is 9.90 Å². The largest absolute Gasteiger partial charge is 0.508 e. The molecule has 0 aromatic carbocycles. The first-order valence-corrected chi connectivity index (χ1v) is 6.69. The van der Waals surface area contributed by atoms with Crippen LogP contribution >= 0.6 is 0 Å². The summed E-state index contributed by atoms with van der Waals surface area (Å²) in [5.41, 5.74) is -0.446. The quantitative estimate of drug-likeness (QED) is 0.852. The monoisotopic (exact) mass is 264 g/mol. The van der Waals surface area contributed by atoms with Gasteiger partial charge in [-0.3, -0.25) is 4.79 Å². The molecule has 0 aliphatic carbocycles. The summed E-state index contributed by atoms with van der Waals surface area (Å²) >= 11 is 0. The Bertz CT molecular complexity index is 450. The van der Waals surface area contributed by atoms with Gasteiger partial charge in [-0.1, -0.05) is 41.5 Å². The van der Waals surface area contributed by atoms with E-state index in [0.29, 0.717) is 6.54 Å². The summed E-state index contributed by atoms with van der Waals surface area (Å²) in [6.45, 7) is 12.7. The van der Waals surface area contributed by atoms with Crippen molar-refractivity contribution in [2.75, 3.05) is 6.54 Å².